The van der Waals surface area contributed by atoms with Crippen LogP contribution < -0.4 is 0 Å². The smallest absolute Gasteiger partial charge is 0.151 e. The SMILES string of the molecule is O=Cc1ccc(Br)cc1Sc1ccc(F)cc1. The van der Waals surface area contributed by atoms with E-state index in [-0.39, 0.29) is 5.82 Å². The van der Waals surface area contributed by atoms with Crippen molar-refractivity contribution in [2.75, 3.05) is 0 Å². The van der Waals surface area contributed by atoms with Crippen LogP contribution in [-0.4, -0.2) is 6.29 Å². The highest BCUT2D eigenvalue weighted by Crippen LogP contribution is 2.31. The molecular formula is C13H8BrFOS. The number of rotatable bonds is 3. The third kappa shape index (κ3) is 3.17. The molecule has 17 heavy (non-hydrogen) atoms. The second-order valence-electron chi connectivity index (χ2n) is 3.36. The molecule has 0 aromatic heterocycles. The summed E-state index contributed by atoms with van der Waals surface area (Å²) in [5.74, 6) is -0.265. The number of hydrogen-bond donors (Lipinski definition) is 0. The lowest BCUT2D eigenvalue weighted by atomic mass is 10.2. The van der Waals surface area contributed by atoms with Crippen molar-refractivity contribution in [2.45, 2.75) is 9.79 Å². The van der Waals surface area contributed by atoms with E-state index in [0.29, 0.717) is 5.56 Å². The Bertz CT molecular complexity index is 540. The van der Waals surface area contributed by atoms with Crippen LogP contribution in [0.3, 0.4) is 0 Å². The molecule has 0 radical (unpaired) electrons. The molecule has 0 aliphatic heterocycles. The fourth-order valence-electron chi connectivity index (χ4n) is 1.32. The second kappa shape index (κ2) is 5.47. The summed E-state index contributed by atoms with van der Waals surface area (Å²) in [5, 5.41) is 0. The van der Waals surface area contributed by atoms with Crippen LogP contribution >= 0.6 is 27.7 Å². The first kappa shape index (κ1) is 12.3. The average molecular weight is 311 g/mol. The molecule has 2 rings (SSSR count). The van der Waals surface area contributed by atoms with Crippen LogP contribution in [0.25, 0.3) is 0 Å². The predicted octanol–water partition coefficient (Wildman–Crippen LogP) is 4.55. The Morgan fingerprint density at radius 1 is 1.12 bits per heavy atom. The first-order valence-electron chi connectivity index (χ1n) is 4.87. The Morgan fingerprint density at radius 3 is 2.47 bits per heavy atom. The zero-order valence-corrected chi connectivity index (χ0v) is 11.1. The van der Waals surface area contributed by atoms with E-state index in [0.717, 1.165) is 20.5 Å². The van der Waals surface area contributed by atoms with Crippen molar-refractivity contribution >= 4 is 34.0 Å². The van der Waals surface area contributed by atoms with Crippen molar-refractivity contribution in [2.24, 2.45) is 0 Å². The van der Waals surface area contributed by atoms with E-state index in [1.165, 1.54) is 23.9 Å². The molecule has 0 atom stereocenters. The maximum atomic E-state index is 12.8. The lowest BCUT2D eigenvalue weighted by molar-refractivity contribution is 0.112. The summed E-state index contributed by atoms with van der Waals surface area (Å²) < 4.78 is 13.7. The van der Waals surface area contributed by atoms with E-state index in [4.69, 9.17) is 0 Å². The molecule has 0 N–H and O–H groups in total. The third-order valence-corrected chi connectivity index (χ3v) is 3.72. The molecule has 1 nitrogen and oxygen atoms in total. The molecule has 0 aliphatic rings. The summed E-state index contributed by atoms with van der Waals surface area (Å²) in [7, 11) is 0. The summed E-state index contributed by atoms with van der Waals surface area (Å²) in [6, 6.07) is 11.6. The van der Waals surface area contributed by atoms with Gasteiger partial charge in [-0.05, 0) is 42.5 Å². The molecule has 0 amide bonds. The van der Waals surface area contributed by atoms with E-state index in [2.05, 4.69) is 15.9 Å². The largest absolute Gasteiger partial charge is 0.298 e. The van der Waals surface area contributed by atoms with Gasteiger partial charge in [-0.1, -0.05) is 27.7 Å². The monoisotopic (exact) mass is 310 g/mol. The summed E-state index contributed by atoms with van der Waals surface area (Å²) in [6.45, 7) is 0. The fourth-order valence-corrected chi connectivity index (χ4v) is 2.78. The lowest BCUT2D eigenvalue weighted by Gasteiger charge is -2.05. The van der Waals surface area contributed by atoms with Gasteiger partial charge in [0.1, 0.15) is 5.82 Å². The highest BCUT2D eigenvalue weighted by Gasteiger charge is 2.05. The first-order valence-corrected chi connectivity index (χ1v) is 6.48. The molecule has 2 aromatic carbocycles. The number of hydrogen-bond acceptors (Lipinski definition) is 2. The number of carbonyl (C=O) groups is 1. The van der Waals surface area contributed by atoms with Gasteiger partial charge in [0.05, 0.1) is 0 Å². The number of benzene rings is 2. The Morgan fingerprint density at radius 2 is 1.82 bits per heavy atom. The van der Waals surface area contributed by atoms with Gasteiger partial charge < -0.3 is 0 Å². The lowest BCUT2D eigenvalue weighted by Crippen LogP contribution is -1.85. The van der Waals surface area contributed by atoms with Gasteiger partial charge in [-0.15, -0.1) is 0 Å². The molecule has 4 heteroatoms. The molecule has 0 saturated heterocycles. The number of halogens is 2. The van der Waals surface area contributed by atoms with Crippen molar-refractivity contribution in [3.63, 3.8) is 0 Å². The van der Waals surface area contributed by atoms with E-state index in [1.807, 2.05) is 12.1 Å². The topological polar surface area (TPSA) is 17.1 Å². The zero-order valence-electron chi connectivity index (χ0n) is 8.69. The van der Waals surface area contributed by atoms with Crippen LogP contribution in [0.15, 0.2) is 56.7 Å². The van der Waals surface area contributed by atoms with E-state index < -0.39 is 0 Å². The van der Waals surface area contributed by atoms with Crippen LogP contribution in [0.5, 0.6) is 0 Å². The number of aldehydes is 1. The van der Waals surface area contributed by atoms with Gasteiger partial charge in [0, 0.05) is 19.8 Å². The van der Waals surface area contributed by atoms with Crippen molar-refractivity contribution in [1.82, 2.24) is 0 Å². The summed E-state index contributed by atoms with van der Waals surface area (Å²) >= 11 is 4.79. The standard InChI is InChI=1S/C13H8BrFOS/c14-10-2-1-9(8-16)13(7-10)17-12-5-3-11(15)4-6-12/h1-8H. The van der Waals surface area contributed by atoms with Crippen molar-refractivity contribution in [3.05, 3.63) is 58.3 Å². The van der Waals surface area contributed by atoms with Crippen LogP contribution in [0.2, 0.25) is 0 Å². The highest BCUT2D eigenvalue weighted by atomic mass is 79.9. The maximum Gasteiger partial charge on any atom is 0.151 e. The van der Waals surface area contributed by atoms with E-state index in [1.54, 1.807) is 18.2 Å². The van der Waals surface area contributed by atoms with Gasteiger partial charge in [0.15, 0.2) is 6.29 Å². The second-order valence-corrected chi connectivity index (χ2v) is 5.39. The van der Waals surface area contributed by atoms with Gasteiger partial charge >= 0.3 is 0 Å². The van der Waals surface area contributed by atoms with E-state index in [9.17, 15) is 9.18 Å². The molecule has 0 bridgehead atoms. The molecule has 0 aliphatic carbocycles. The van der Waals surface area contributed by atoms with Gasteiger partial charge in [0.2, 0.25) is 0 Å². The average Bonchev–Trinajstić information content (AvgIpc) is 2.32. The molecule has 0 spiro atoms. The normalized spacial score (nSPS) is 10.2. The Labute approximate surface area is 111 Å². The predicted molar refractivity (Wildman–Crippen MR) is 70.1 cm³/mol. The minimum absolute atomic E-state index is 0.265. The molecule has 0 heterocycles. The molecule has 2 aromatic rings. The number of carbonyl (C=O) groups excluding carboxylic acids is 1. The summed E-state index contributed by atoms with van der Waals surface area (Å²) in [4.78, 5) is 12.6. The van der Waals surface area contributed by atoms with Crippen LogP contribution in [0.1, 0.15) is 10.4 Å². The highest BCUT2D eigenvalue weighted by molar-refractivity contribution is 9.10. The Balaban J connectivity index is 2.31. The van der Waals surface area contributed by atoms with Crippen molar-refractivity contribution < 1.29 is 9.18 Å². The van der Waals surface area contributed by atoms with Crippen molar-refractivity contribution in [1.29, 1.82) is 0 Å². The van der Waals surface area contributed by atoms with Crippen LogP contribution in [0, 0.1) is 5.82 Å². The minimum Gasteiger partial charge on any atom is -0.298 e. The first-order chi connectivity index (χ1) is 8.19. The molecule has 0 unspecified atom stereocenters. The summed E-state index contributed by atoms with van der Waals surface area (Å²) in [6.07, 6.45) is 0.818. The molecular weight excluding hydrogens is 303 g/mol. The minimum atomic E-state index is -0.265. The van der Waals surface area contributed by atoms with Gasteiger partial charge in [0.25, 0.3) is 0 Å². The third-order valence-electron chi connectivity index (χ3n) is 2.14. The molecule has 0 fully saturated rings. The maximum absolute atomic E-state index is 12.8. The Hall–Kier alpha value is -1.13. The molecule has 86 valence electrons. The summed E-state index contributed by atoms with van der Waals surface area (Å²) in [5.41, 5.74) is 0.627. The van der Waals surface area contributed by atoms with E-state index >= 15 is 0 Å². The van der Waals surface area contributed by atoms with Crippen LogP contribution in [-0.2, 0) is 0 Å². The Kier molecular flexibility index (Phi) is 3.97. The zero-order chi connectivity index (χ0) is 12.3. The quantitative estimate of drug-likeness (QED) is 0.773. The fraction of sp³-hybridized carbons (Fsp3) is 0. The van der Waals surface area contributed by atoms with Crippen molar-refractivity contribution in [3.8, 4) is 0 Å². The van der Waals surface area contributed by atoms with Gasteiger partial charge in [-0.25, -0.2) is 4.39 Å². The van der Waals surface area contributed by atoms with Crippen LogP contribution in [0.4, 0.5) is 4.39 Å². The van der Waals surface area contributed by atoms with Gasteiger partial charge in [-0.2, -0.15) is 0 Å². The van der Waals surface area contributed by atoms with Gasteiger partial charge in [-0.3, -0.25) is 4.79 Å². The molecule has 0 saturated carbocycles.